The van der Waals surface area contributed by atoms with E-state index in [1.54, 1.807) is 0 Å². The topological polar surface area (TPSA) is 68.9 Å². The number of benzene rings is 1. The summed E-state index contributed by atoms with van der Waals surface area (Å²) in [7, 11) is 0. The van der Waals surface area contributed by atoms with Crippen LogP contribution in [0.15, 0.2) is 23.2 Å². The molecule has 1 aromatic carbocycles. The van der Waals surface area contributed by atoms with E-state index in [4.69, 9.17) is 15.2 Å². The number of halogens is 1. The smallest absolute Gasteiger partial charge is 0.193 e. The van der Waals surface area contributed by atoms with Crippen molar-refractivity contribution in [3.63, 3.8) is 0 Å². The summed E-state index contributed by atoms with van der Waals surface area (Å²) in [6.45, 7) is 7.21. The molecule has 0 radical (unpaired) electrons. The zero-order chi connectivity index (χ0) is 15.8. The standard InChI is InChI=1S/C17H27N3O2.HI/c1-13-4-5-15(12-14(13)2)20-17(18)19-8-3-9-22-16-6-10-21-11-7-16;/h4-5,12,16H,3,6-11H2,1-2H3,(H3,18,19,20);1H. The Hall–Kier alpha value is -0.860. The predicted octanol–water partition coefficient (Wildman–Crippen LogP) is 3.23. The summed E-state index contributed by atoms with van der Waals surface area (Å²) >= 11 is 0. The van der Waals surface area contributed by atoms with Crippen molar-refractivity contribution in [2.45, 2.75) is 39.2 Å². The average Bonchev–Trinajstić information content (AvgIpc) is 2.52. The second kappa shape index (κ2) is 10.8. The van der Waals surface area contributed by atoms with E-state index in [0.717, 1.165) is 44.8 Å². The van der Waals surface area contributed by atoms with E-state index in [1.807, 2.05) is 6.07 Å². The van der Waals surface area contributed by atoms with Crippen LogP contribution in [0, 0.1) is 13.8 Å². The molecule has 0 spiro atoms. The van der Waals surface area contributed by atoms with Crippen LogP contribution in [0.3, 0.4) is 0 Å². The number of ether oxygens (including phenoxy) is 2. The van der Waals surface area contributed by atoms with Gasteiger partial charge in [-0.05, 0) is 56.4 Å². The van der Waals surface area contributed by atoms with Crippen LogP contribution < -0.4 is 11.1 Å². The quantitative estimate of drug-likeness (QED) is 0.313. The Morgan fingerprint density at radius 3 is 2.74 bits per heavy atom. The van der Waals surface area contributed by atoms with Crippen LogP contribution in [0.2, 0.25) is 0 Å². The summed E-state index contributed by atoms with van der Waals surface area (Å²) in [5.41, 5.74) is 9.38. The Labute approximate surface area is 156 Å². The first kappa shape index (κ1) is 20.2. The van der Waals surface area contributed by atoms with Gasteiger partial charge in [0.25, 0.3) is 0 Å². The highest BCUT2D eigenvalue weighted by molar-refractivity contribution is 14.0. The molecule has 23 heavy (non-hydrogen) atoms. The fourth-order valence-corrected chi connectivity index (χ4v) is 2.36. The summed E-state index contributed by atoms with van der Waals surface area (Å²) in [5.74, 6) is 0.453. The molecule has 0 bridgehead atoms. The first-order valence-corrected chi connectivity index (χ1v) is 7.98. The van der Waals surface area contributed by atoms with Crippen molar-refractivity contribution >= 4 is 35.6 Å². The summed E-state index contributed by atoms with van der Waals surface area (Å²) in [6, 6.07) is 6.16. The molecule has 1 fully saturated rings. The number of nitrogens with zero attached hydrogens (tertiary/aromatic N) is 1. The van der Waals surface area contributed by atoms with Crippen molar-refractivity contribution in [1.29, 1.82) is 0 Å². The Balaban J connectivity index is 0.00000264. The molecular formula is C17H28IN3O2. The molecule has 0 unspecified atom stereocenters. The van der Waals surface area contributed by atoms with Gasteiger partial charge >= 0.3 is 0 Å². The number of rotatable bonds is 6. The van der Waals surface area contributed by atoms with Gasteiger partial charge in [-0.15, -0.1) is 24.0 Å². The van der Waals surface area contributed by atoms with Crippen molar-refractivity contribution < 1.29 is 9.47 Å². The van der Waals surface area contributed by atoms with Crippen LogP contribution in [0.5, 0.6) is 0 Å². The fraction of sp³-hybridized carbons (Fsp3) is 0.588. The molecule has 1 saturated heterocycles. The average molecular weight is 433 g/mol. The van der Waals surface area contributed by atoms with E-state index in [0.29, 0.717) is 18.6 Å². The first-order valence-electron chi connectivity index (χ1n) is 7.98. The summed E-state index contributed by atoms with van der Waals surface area (Å²) in [6.07, 6.45) is 3.23. The number of hydrogen-bond acceptors (Lipinski definition) is 3. The third kappa shape index (κ3) is 7.50. The fourth-order valence-electron chi connectivity index (χ4n) is 2.36. The highest BCUT2D eigenvalue weighted by Gasteiger charge is 2.13. The van der Waals surface area contributed by atoms with Crippen LogP contribution in [0.25, 0.3) is 0 Å². The molecule has 0 aliphatic carbocycles. The van der Waals surface area contributed by atoms with Crippen molar-refractivity contribution in [3.8, 4) is 0 Å². The summed E-state index contributed by atoms with van der Waals surface area (Å²) in [5, 5.41) is 3.12. The number of hydrogen-bond donors (Lipinski definition) is 2. The zero-order valence-corrected chi connectivity index (χ0v) is 16.3. The molecule has 1 aliphatic rings. The van der Waals surface area contributed by atoms with Gasteiger partial charge in [0.15, 0.2) is 5.96 Å². The maximum atomic E-state index is 5.90. The molecule has 0 aromatic heterocycles. The summed E-state index contributed by atoms with van der Waals surface area (Å²) in [4.78, 5) is 4.33. The lowest BCUT2D eigenvalue weighted by Crippen LogP contribution is -2.24. The minimum atomic E-state index is 0. The highest BCUT2D eigenvalue weighted by Crippen LogP contribution is 2.14. The maximum Gasteiger partial charge on any atom is 0.193 e. The second-order valence-electron chi connectivity index (χ2n) is 5.73. The van der Waals surface area contributed by atoms with Gasteiger partial charge in [-0.25, -0.2) is 0 Å². The highest BCUT2D eigenvalue weighted by atomic mass is 127. The van der Waals surface area contributed by atoms with E-state index in [2.05, 4.69) is 36.3 Å². The zero-order valence-electron chi connectivity index (χ0n) is 14.0. The van der Waals surface area contributed by atoms with Crippen LogP contribution in [-0.4, -0.2) is 38.4 Å². The number of nitrogens with one attached hydrogen (secondary N) is 1. The number of aliphatic imine (C=N–C) groups is 1. The van der Waals surface area contributed by atoms with Gasteiger partial charge in [0.2, 0.25) is 0 Å². The Kier molecular flexibility index (Phi) is 9.50. The third-order valence-electron chi connectivity index (χ3n) is 3.89. The van der Waals surface area contributed by atoms with E-state index >= 15 is 0 Å². The lowest BCUT2D eigenvalue weighted by Gasteiger charge is -2.22. The summed E-state index contributed by atoms with van der Waals surface area (Å²) < 4.78 is 11.1. The van der Waals surface area contributed by atoms with Gasteiger partial charge in [0.1, 0.15) is 0 Å². The van der Waals surface area contributed by atoms with Gasteiger partial charge in [-0.3, -0.25) is 4.99 Å². The van der Waals surface area contributed by atoms with E-state index in [9.17, 15) is 0 Å². The van der Waals surface area contributed by atoms with Gasteiger partial charge < -0.3 is 20.5 Å². The number of nitrogens with two attached hydrogens (primary N) is 1. The molecule has 6 heteroatoms. The lowest BCUT2D eigenvalue weighted by molar-refractivity contribution is -0.0318. The van der Waals surface area contributed by atoms with Gasteiger partial charge in [0.05, 0.1) is 6.10 Å². The largest absolute Gasteiger partial charge is 0.381 e. The maximum absolute atomic E-state index is 5.90. The number of aryl methyl sites for hydroxylation is 2. The second-order valence-corrected chi connectivity index (χ2v) is 5.73. The number of anilines is 1. The lowest BCUT2D eigenvalue weighted by atomic mass is 10.1. The molecule has 0 atom stereocenters. The van der Waals surface area contributed by atoms with E-state index < -0.39 is 0 Å². The minimum Gasteiger partial charge on any atom is -0.381 e. The molecule has 5 nitrogen and oxygen atoms in total. The first-order chi connectivity index (χ1) is 10.6. The monoisotopic (exact) mass is 433 g/mol. The molecule has 1 heterocycles. The SMILES string of the molecule is Cc1ccc(NC(N)=NCCCOC2CCOCC2)cc1C.I. The molecule has 1 aromatic rings. The van der Waals surface area contributed by atoms with Gasteiger partial charge in [-0.2, -0.15) is 0 Å². The minimum absolute atomic E-state index is 0. The Morgan fingerprint density at radius 2 is 2.04 bits per heavy atom. The predicted molar refractivity (Wildman–Crippen MR) is 106 cm³/mol. The van der Waals surface area contributed by atoms with Crippen molar-refractivity contribution in [1.82, 2.24) is 0 Å². The molecule has 130 valence electrons. The molecule has 0 saturated carbocycles. The molecule has 1 aliphatic heterocycles. The molecular weight excluding hydrogens is 405 g/mol. The van der Waals surface area contributed by atoms with Crippen LogP contribution >= 0.6 is 24.0 Å². The Morgan fingerprint density at radius 1 is 1.30 bits per heavy atom. The van der Waals surface area contributed by atoms with E-state index in [-0.39, 0.29) is 24.0 Å². The van der Waals surface area contributed by atoms with Crippen molar-refractivity contribution in [2.75, 3.05) is 31.7 Å². The van der Waals surface area contributed by atoms with Crippen LogP contribution in [-0.2, 0) is 9.47 Å². The van der Waals surface area contributed by atoms with Gasteiger partial charge in [0, 0.05) is 32.1 Å². The molecule has 3 N–H and O–H groups in total. The van der Waals surface area contributed by atoms with Gasteiger partial charge in [-0.1, -0.05) is 6.07 Å². The van der Waals surface area contributed by atoms with Crippen LogP contribution in [0.4, 0.5) is 5.69 Å². The molecule has 0 amide bonds. The van der Waals surface area contributed by atoms with Crippen molar-refractivity contribution in [2.24, 2.45) is 10.7 Å². The third-order valence-corrected chi connectivity index (χ3v) is 3.89. The van der Waals surface area contributed by atoms with Crippen LogP contribution in [0.1, 0.15) is 30.4 Å². The normalized spacial score (nSPS) is 16.0. The van der Waals surface area contributed by atoms with Crippen molar-refractivity contribution in [3.05, 3.63) is 29.3 Å². The number of guanidine groups is 1. The molecule has 2 rings (SSSR count). The van der Waals surface area contributed by atoms with E-state index in [1.165, 1.54) is 11.1 Å². The Bertz CT molecular complexity index is 503.